The Balaban J connectivity index is 0.00000972. The van der Waals surface area contributed by atoms with Gasteiger partial charge in [-0.1, -0.05) is 69.2 Å². The predicted octanol–water partition coefficient (Wildman–Crippen LogP) is 2.64. The summed E-state index contributed by atoms with van der Waals surface area (Å²) in [6, 6.07) is 8.00. The summed E-state index contributed by atoms with van der Waals surface area (Å²) in [6.07, 6.45) is 19.5. The SMILES string of the molecule is C[C@H](O)CNC(=O)c1c(CCCCCCCC/C=C\CCCCCCCC(=O)[O-])c2ncc(Cc3ccc(F)cc3)cc2n(CC(=O)N(C)C)c1=O.[Na+]. The maximum absolute atomic E-state index is 14.1. The summed E-state index contributed by atoms with van der Waals surface area (Å²) < 4.78 is 14.9. The van der Waals surface area contributed by atoms with Gasteiger partial charge >= 0.3 is 29.6 Å². The predicted molar refractivity (Wildman–Crippen MR) is 200 cm³/mol. The number of carboxylic acid groups (broad SMARTS) is 1. The number of aliphatic hydroxyl groups is 1. The van der Waals surface area contributed by atoms with Gasteiger partial charge in [0.1, 0.15) is 17.9 Å². The van der Waals surface area contributed by atoms with Gasteiger partial charge in [0.2, 0.25) is 5.91 Å². The molecule has 53 heavy (non-hydrogen) atoms. The maximum atomic E-state index is 14.1. The average molecular weight is 743 g/mol. The van der Waals surface area contributed by atoms with Crippen molar-refractivity contribution in [3.05, 3.63) is 87.1 Å². The van der Waals surface area contributed by atoms with Crippen LogP contribution in [0, 0.1) is 5.82 Å². The second-order valence-electron chi connectivity index (χ2n) is 13.9. The molecule has 2 N–H and O–H groups in total. The van der Waals surface area contributed by atoms with E-state index < -0.39 is 23.5 Å². The number of nitrogens with zero attached hydrogens (tertiary/aromatic N) is 3. The minimum absolute atomic E-state index is 0. The Hall–Kier alpha value is -3.38. The maximum Gasteiger partial charge on any atom is 1.00 e. The first-order valence-corrected chi connectivity index (χ1v) is 18.8. The molecule has 0 aliphatic heterocycles. The summed E-state index contributed by atoms with van der Waals surface area (Å²) in [5, 5.41) is 23.0. The fourth-order valence-corrected chi connectivity index (χ4v) is 6.17. The number of pyridine rings is 2. The number of aryl methyl sites for hydroxylation is 1. The number of amides is 2. The van der Waals surface area contributed by atoms with Gasteiger partial charge in [0, 0.05) is 32.8 Å². The molecule has 284 valence electrons. The van der Waals surface area contributed by atoms with Crippen LogP contribution in [0.25, 0.3) is 11.0 Å². The van der Waals surface area contributed by atoms with Crippen LogP contribution in [0.1, 0.15) is 124 Å². The molecule has 0 unspecified atom stereocenters. The number of allylic oxidation sites excluding steroid dienone is 2. The molecule has 0 radical (unpaired) electrons. The number of halogens is 1. The zero-order valence-electron chi connectivity index (χ0n) is 32.1. The molecule has 1 aromatic carbocycles. The first-order chi connectivity index (χ1) is 25.0. The van der Waals surface area contributed by atoms with E-state index in [4.69, 9.17) is 4.98 Å². The second-order valence-corrected chi connectivity index (χ2v) is 13.9. The molecule has 12 heteroatoms. The molecular formula is C41H56FN4NaO6. The number of fused-ring (bicyclic) bond motifs is 1. The summed E-state index contributed by atoms with van der Waals surface area (Å²) in [5.74, 6) is -2.22. The third-order valence-electron chi connectivity index (χ3n) is 9.13. The van der Waals surface area contributed by atoms with Crippen molar-refractivity contribution in [1.82, 2.24) is 19.8 Å². The Morgan fingerprint density at radius 1 is 0.925 bits per heavy atom. The van der Waals surface area contributed by atoms with Crippen LogP contribution in [0.5, 0.6) is 0 Å². The van der Waals surface area contributed by atoms with Crippen LogP contribution in [0.2, 0.25) is 0 Å². The third kappa shape index (κ3) is 16.3. The Morgan fingerprint density at radius 3 is 2.09 bits per heavy atom. The van der Waals surface area contributed by atoms with E-state index in [2.05, 4.69) is 17.5 Å². The number of hydrogen-bond acceptors (Lipinski definition) is 7. The number of unbranched alkanes of at least 4 members (excludes halogenated alkanes) is 11. The molecular weight excluding hydrogens is 686 g/mol. The van der Waals surface area contributed by atoms with Crippen molar-refractivity contribution in [2.24, 2.45) is 0 Å². The summed E-state index contributed by atoms with van der Waals surface area (Å²) in [5.41, 5.74) is 2.49. The summed E-state index contributed by atoms with van der Waals surface area (Å²) in [6.45, 7) is 1.25. The van der Waals surface area contributed by atoms with Gasteiger partial charge in [-0.3, -0.25) is 23.9 Å². The molecule has 3 aromatic rings. The van der Waals surface area contributed by atoms with Crippen LogP contribution in [-0.2, 0) is 29.0 Å². The van der Waals surface area contributed by atoms with Gasteiger partial charge in [-0.15, -0.1) is 0 Å². The van der Waals surface area contributed by atoms with Gasteiger partial charge < -0.3 is 25.2 Å². The normalized spacial score (nSPS) is 11.8. The monoisotopic (exact) mass is 742 g/mol. The van der Waals surface area contributed by atoms with Gasteiger partial charge in [-0.05, 0) is 99.6 Å². The van der Waals surface area contributed by atoms with Crippen molar-refractivity contribution in [1.29, 1.82) is 0 Å². The van der Waals surface area contributed by atoms with Crippen molar-refractivity contribution in [3.8, 4) is 0 Å². The van der Waals surface area contributed by atoms with E-state index in [9.17, 15) is 33.8 Å². The van der Waals surface area contributed by atoms with E-state index in [0.717, 1.165) is 88.2 Å². The van der Waals surface area contributed by atoms with E-state index in [1.165, 1.54) is 21.6 Å². The quantitative estimate of drug-likeness (QED) is 0.0816. The van der Waals surface area contributed by atoms with Crippen LogP contribution >= 0.6 is 0 Å². The van der Waals surface area contributed by atoms with E-state index in [-0.39, 0.29) is 66.4 Å². The van der Waals surface area contributed by atoms with E-state index in [0.29, 0.717) is 35.9 Å². The van der Waals surface area contributed by atoms with Gasteiger partial charge in [0.25, 0.3) is 11.5 Å². The van der Waals surface area contributed by atoms with Crippen molar-refractivity contribution in [2.45, 2.75) is 122 Å². The Kier molecular flexibility index (Phi) is 21.5. The second kappa shape index (κ2) is 24.8. The summed E-state index contributed by atoms with van der Waals surface area (Å²) in [4.78, 5) is 57.2. The van der Waals surface area contributed by atoms with Crippen molar-refractivity contribution < 1.29 is 58.5 Å². The number of rotatable bonds is 24. The van der Waals surface area contributed by atoms with Gasteiger partial charge in [-0.2, -0.15) is 0 Å². The number of hydrogen-bond donors (Lipinski definition) is 2. The number of carbonyl (C=O) groups excluding carboxylic acids is 3. The fraction of sp³-hybridized carbons (Fsp3) is 0.537. The Labute approximate surface area is 335 Å². The zero-order valence-corrected chi connectivity index (χ0v) is 34.1. The van der Waals surface area contributed by atoms with Crippen LogP contribution in [-0.4, -0.2) is 64.1 Å². The molecule has 2 amide bonds. The van der Waals surface area contributed by atoms with E-state index in [1.54, 1.807) is 39.3 Å². The average Bonchev–Trinajstić information content (AvgIpc) is 3.10. The molecule has 1 atom stereocenters. The summed E-state index contributed by atoms with van der Waals surface area (Å²) in [7, 11) is 3.21. The van der Waals surface area contributed by atoms with Crippen LogP contribution < -0.4 is 45.5 Å². The molecule has 2 heterocycles. The van der Waals surface area contributed by atoms with Crippen LogP contribution in [0.4, 0.5) is 4.39 Å². The van der Waals surface area contributed by atoms with Crippen molar-refractivity contribution in [2.75, 3.05) is 20.6 Å². The summed E-state index contributed by atoms with van der Waals surface area (Å²) >= 11 is 0. The first-order valence-electron chi connectivity index (χ1n) is 18.8. The number of nitrogens with one attached hydrogen (secondary N) is 1. The largest absolute Gasteiger partial charge is 1.00 e. The van der Waals surface area contributed by atoms with E-state index in [1.807, 2.05) is 6.07 Å². The molecule has 0 saturated carbocycles. The number of likely N-dealkylation sites (N-methyl/N-ethyl adjacent to an activating group) is 1. The molecule has 10 nitrogen and oxygen atoms in total. The molecule has 0 fully saturated rings. The number of aliphatic hydroxyl groups excluding tert-OH is 1. The Morgan fingerprint density at radius 2 is 1.51 bits per heavy atom. The molecule has 2 aromatic heterocycles. The number of carbonyl (C=O) groups is 3. The third-order valence-corrected chi connectivity index (χ3v) is 9.13. The van der Waals surface area contributed by atoms with E-state index >= 15 is 0 Å². The topological polar surface area (TPSA) is 145 Å². The minimum Gasteiger partial charge on any atom is -0.550 e. The standard InChI is InChI=1S/C41H57FN4O6.Na/c1-30(47)27-44-40(51)38-34(19-17-15-13-11-9-7-5-4-6-8-10-12-14-16-18-20-37(49)50)39-35(46(41(38)52)29-36(48)45(2)3)26-32(28-43-39)25-31-21-23-33(42)24-22-31;/h4,6,21-24,26,28,30,47H,5,7-20,25,27,29H2,1-3H3,(H,44,51)(H,49,50);/q;+1/p-1/b6-4-;/t30-;/m0./s1. The zero-order chi connectivity index (χ0) is 37.9. The van der Waals surface area contributed by atoms with Gasteiger partial charge in [0.05, 0.1) is 17.1 Å². The number of aliphatic carboxylic acids is 1. The first kappa shape index (κ1) is 45.8. The van der Waals surface area contributed by atoms with Gasteiger partial charge in [-0.25, -0.2) is 4.39 Å². The molecule has 0 aliphatic rings. The smallest absolute Gasteiger partial charge is 0.550 e. The molecule has 3 rings (SSSR count). The Bertz CT molecular complexity index is 1690. The number of benzene rings is 1. The fourth-order valence-electron chi connectivity index (χ4n) is 6.17. The van der Waals surface area contributed by atoms with Gasteiger partial charge in [0.15, 0.2) is 0 Å². The number of carboxylic acids is 1. The van der Waals surface area contributed by atoms with Crippen LogP contribution in [0.15, 0.2) is 53.5 Å². The van der Waals surface area contributed by atoms with Crippen molar-refractivity contribution >= 4 is 28.8 Å². The van der Waals surface area contributed by atoms with Crippen molar-refractivity contribution in [3.63, 3.8) is 0 Å². The van der Waals surface area contributed by atoms with Crippen LogP contribution in [0.3, 0.4) is 0 Å². The minimum atomic E-state index is -0.967. The molecule has 0 bridgehead atoms. The molecule has 0 spiro atoms. The molecule has 0 saturated heterocycles. The number of aromatic nitrogens is 2. The molecule has 0 aliphatic carbocycles.